The Morgan fingerprint density at radius 3 is 2.79 bits per heavy atom. The smallest absolute Gasteiger partial charge is 0.395 e. The Labute approximate surface area is 106 Å². The Bertz CT molecular complexity index is 419. The second-order valence-electron chi connectivity index (χ2n) is 3.68. The Kier molecular flexibility index (Phi) is 5.31. The fourth-order valence-corrected chi connectivity index (χ4v) is 1.38. The molecule has 0 aliphatic carbocycles. The minimum Gasteiger partial charge on any atom is -0.395 e. The summed E-state index contributed by atoms with van der Waals surface area (Å²) in [4.78, 5) is 12.2. The molecule has 0 atom stereocenters. The summed E-state index contributed by atoms with van der Waals surface area (Å²) in [5, 5.41) is 12.1. The number of aliphatic hydroxyl groups excluding tert-OH is 1. The first-order valence-electron chi connectivity index (χ1n) is 5.29. The largest absolute Gasteiger partial charge is 0.406 e. The molecule has 0 aromatic carbocycles. The lowest BCUT2D eigenvalue weighted by Gasteiger charge is -2.21. The van der Waals surface area contributed by atoms with E-state index in [0.717, 1.165) is 0 Å². The lowest BCUT2D eigenvalue weighted by Crippen LogP contribution is -2.40. The molecule has 1 N–H and O–H groups in total. The predicted molar refractivity (Wildman–Crippen MR) is 56.3 cm³/mol. The molecule has 1 aromatic rings. The summed E-state index contributed by atoms with van der Waals surface area (Å²) < 4.78 is 46.3. The maximum atomic E-state index is 12.3. The number of amides is 1. The van der Waals surface area contributed by atoms with Gasteiger partial charge >= 0.3 is 6.18 Å². The van der Waals surface area contributed by atoms with Gasteiger partial charge in [-0.25, -0.2) is 0 Å². The van der Waals surface area contributed by atoms with Crippen molar-refractivity contribution in [2.75, 3.05) is 26.8 Å². The molecular weight excluding hydrogens is 269 g/mol. The van der Waals surface area contributed by atoms with Crippen molar-refractivity contribution in [3.63, 3.8) is 0 Å². The van der Waals surface area contributed by atoms with Crippen molar-refractivity contribution in [3.8, 4) is 0 Å². The summed E-state index contributed by atoms with van der Waals surface area (Å²) in [5.74, 6) is -0.737. The average Bonchev–Trinajstić information content (AvgIpc) is 2.75. The molecule has 0 aliphatic rings. The van der Waals surface area contributed by atoms with Crippen LogP contribution in [0.1, 0.15) is 16.2 Å². The molecule has 0 saturated carbocycles. The van der Waals surface area contributed by atoms with Crippen LogP contribution in [0, 0.1) is 0 Å². The second kappa shape index (κ2) is 6.53. The van der Waals surface area contributed by atoms with Gasteiger partial charge in [-0.1, -0.05) is 5.16 Å². The van der Waals surface area contributed by atoms with Crippen molar-refractivity contribution >= 4 is 5.91 Å². The highest BCUT2D eigenvalue weighted by atomic mass is 19.4. The van der Waals surface area contributed by atoms with E-state index in [-0.39, 0.29) is 18.1 Å². The molecule has 1 aromatic heterocycles. The molecule has 0 saturated heterocycles. The fourth-order valence-electron chi connectivity index (χ4n) is 1.38. The molecular formula is C10H13F3N2O4. The van der Waals surface area contributed by atoms with Gasteiger partial charge in [0.2, 0.25) is 0 Å². The first-order chi connectivity index (χ1) is 8.87. The van der Waals surface area contributed by atoms with Crippen LogP contribution in [0.25, 0.3) is 0 Å². The predicted octanol–water partition coefficient (Wildman–Crippen LogP) is 0.818. The highest BCUT2D eigenvalue weighted by molar-refractivity contribution is 5.92. The van der Waals surface area contributed by atoms with Gasteiger partial charge in [0.15, 0.2) is 11.5 Å². The van der Waals surface area contributed by atoms with Gasteiger partial charge in [-0.2, -0.15) is 13.2 Å². The summed E-state index contributed by atoms with van der Waals surface area (Å²) in [5.41, 5.74) is -0.259. The summed E-state index contributed by atoms with van der Waals surface area (Å²) >= 11 is 0. The van der Waals surface area contributed by atoms with Crippen molar-refractivity contribution in [3.05, 3.63) is 17.5 Å². The minimum atomic E-state index is -4.55. The van der Waals surface area contributed by atoms with Gasteiger partial charge in [0, 0.05) is 19.7 Å². The molecule has 0 spiro atoms. The third kappa shape index (κ3) is 4.87. The molecule has 0 bridgehead atoms. The van der Waals surface area contributed by atoms with E-state index in [1.165, 1.54) is 13.2 Å². The first-order valence-corrected chi connectivity index (χ1v) is 5.29. The maximum Gasteiger partial charge on any atom is 0.406 e. The molecule has 6 nitrogen and oxygen atoms in total. The van der Waals surface area contributed by atoms with Crippen LogP contribution in [0.5, 0.6) is 0 Å². The van der Waals surface area contributed by atoms with E-state index in [0.29, 0.717) is 4.90 Å². The van der Waals surface area contributed by atoms with Crippen molar-refractivity contribution < 1.29 is 32.3 Å². The van der Waals surface area contributed by atoms with E-state index >= 15 is 0 Å². The Hall–Kier alpha value is -1.61. The van der Waals surface area contributed by atoms with Crippen molar-refractivity contribution in [2.24, 2.45) is 0 Å². The van der Waals surface area contributed by atoms with E-state index < -0.39 is 31.8 Å². The van der Waals surface area contributed by atoms with Crippen LogP contribution in [0.15, 0.2) is 10.6 Å². The van der Waals surface area contributed by atoms with Gasteiger partial charge in [0.25, 0.3) is 5.91 Å². The van der Waals surface area contributed by atoms with Crippen LogP contribution in [-0.4, -0.2) is 54.1 Å². The zero-order valence-electron chi connectivity index (χ0n) is 10.1. The van der Waals surface area contributed by atoms with Crippen LogP contribution in [-0.2, 0) is 11.3 Å². The number of hydrogen-bond donors (Lipinski definition) is 1. The van der Waals surface area contributed by atoms with Gasteiger partial charge in [-0.15, -0.1) is 0 Å². The van der Waals surface area contributed by atoms with Crippen molar-refractivity contribution in [1.29, 1.82) is 0 Å². The van der Waals surface area contributed by atoms with Gasteiger partial charge in [-0.3, -0.25) is 4.79 Å². The normalized spacial score (nSPS) is 11.6. The zero-order valence-corrected chi connectivity index (χ0v) is 10.1. The van der Waals surface area contributed by atoms with Gasteiger partial charge < -0.3 is 19.3 Å². The number of rotatable bonds is 6. The van der Waals surface area contributed by atoms with E-state index in [2.05, 4.69) is 5.16 Å². The van der Waals surface area contributed by atoms with E-state index in [9.17, 15) is 18.0 Å². The SMILES string of the molecule is COCc1cc(C(=O)N(CCO)CC(F)(F)F)no1. The van der Waals surface area contributed by atoms with Crippen molar-refractivity contribution in [2.45, 2.75) is 12.8 Å². The standard InChI is InChI=1S/C10H13F3N2O4/c1-18-5-7-4-8(14-19-7)9(17)15(2-3-16)6-10(11,12)13/h4,16H,2-3,5-6H2,1H3. The van der Waals surface area contributed by atoms with Gasteiger partial charge in [-0.05, 0) is 0 Å². The summed E-state index contributed by atoms with van der Waals surface area (Å²) in [6.07, 6.45) is -4.55. The number of carbonyl (C=O) groups excluding carboxylic acids is 1. The molecule has 1 rings (SSSR count). The first kappa shape index (κ1) is 15.4. The number of carbonyl (C=O) groups is 1. The van der Waals surface area contributed by atoms with Crippen LogP contribution in [0.2, 0.25) is 0 Å². The van der Waals surface area contributed by atoms with Crippen LogP contribution in [0.4, 0.5) is 13.2 Å². The third-order valence-electron chi connectivity index (χ3n) is 2.09. The topological polar surface area (TPSA) is 75.8 Å². The minimum absolute atomic E-state index is 0.0551. The Morgan fingerprint density at radius 2 is 2.26 bits per heavy atom. The Balaban J connectivity index is 2.79. The average molecular weight is 282 g/mol. The monoisotopic (exact) mass is 282 g/mol. The molecule has 0 fully saturated rings. The van der Waals surface area contributed by atoms with Crippen LogP contribution >= 0.6 is 0 Å². The number of aliphatic hydroxyl groups is 1. The lowest BCUT2D eigenvalue weighted by atomic mass is 10.3. The number of aromatic nitrogens is 1. The van der Waals surface area contributed by atoms with Gasteiger partial charge in [0.1, 0.15) is 13.2 Å². The number of methoxy groups -OCH3 is 1. The molecule has 1 amide bonds. The number of nitrogens with zero attached hydrogens (tertiary/aromatic N) is 2. The quantitative estimate of drug-likeness (QED) is 0.836. The summed E-state index contributed by atoms with van der Waals surface area (Å²) in [7, 11) is 1.39. The highest BCUT2D eigenvalue weighted by Crippen LogP contribution is 2.18. The molecule has 0 radical (unpaired) electrons. The van der Waals surface area contributed by atoms with Crippen LogP contribution < -0.4 is 0 Å². The number of halogens is 3. The molecule has 0 unspecified atom stereocenters. The summed E-state index contributed by atoms with van der Waals surface area (Å²) in [6.45, 7) is -2.42. The molecule has 9 heteroatoms. The molecule has 108 valence electrons. The maximum absolute atomic E-state index is 12.3. The van der Waals surface area contributed by atoms with E-state index in [1.54, 1.807) is 0 Å². The third-order valence-corrected chi connectivity index (χ3v) is 2.09. The highest BCUT2D eigenvalue weighted by Gasteiger charge is 2.34. The zero-order chi connectivity index (χ0) is 14.5. The van der Waals surface area contributed by atoms with E-state index in [1.807, 2.05) is 0 Å². The van der Waals surface area contributed by atoms with Gasteiger partial charge in [0.05, 0.1) is 6.61 Å². The number of ether oxygens (including phenoxy) is 1. The number of alkyl halides is 3. The molecule has 0 aliphatic heterocycles. The Morgan fingerprint density at radius 1 is 1.58 bits per heavy atom. The van der Waals surface area contributed by atoms with Crippen molar-refractivity contribution in [1.82, 2.24) is 10.1 Å². The molecule has 1 heterocycles. The van der Waals surface area contributed by atoms with E-state index in [4.69, 9.17) is 14.4 Å². The second-order valence-corrected chi connectivity index (χ2v) is 3.68. The fraction of sp³-hybridized carbons (Fsp3) is 0.600. The van der Waals surface area contributed by atoms with Crippen LogP contribution in [0.3, 0.4) is 0 Å². The number of hydrogen-bond acceptors (Lipinski definition) is 5. The summed E-state index contributed by atoms with van der Waals surface area (Å²) in [6, 6.07) is 1.20. The molecule has 19 heavy (non-hydrogen) atoms. The lowest BCUT2D eigenvalue weighted by molar-refractivity contribution is -0.141.